The molecule has 1 rings (SSSR count). The fraction of sp³-hybridized carbons (Fsp3) is 0.500. The maximum absolute atomic E-state index is 4.49. The van der Waals surface area contributed by atoms with Gasteiger partial charge in [-0.05, 0) is 41.3 Å². The number of halogens is 1. The summed E-state index contributed by atoms with van der Waals surface area (Å²) in [5, 5.41) is 0. The summed E-state index contributed by atoms with van der Waals surface area (Å²) in [5.41, 5.74) is 2.66. The van der Waals surface area contributed by atoms with Gasteiger partial charge in [-0.1, -0.05) is 0 Å². The Morgan fingerprint density at radius 3 is 1.69 bits per heavy atom. The fourth-order valence-electron chi connectivity index (χ4n) is 1.49. The molecule has 0 spiro atoms. The quantitative estimate of drug-likeness (QED) is 0.616. The Morgan fingerprint density at radius 1 is 1.00 bits per heavy atom. The van der Waals surface area contributed by atoms with Crippen LogP contribution < -0.4 is 0 Å². The van der Waals surface area contributed by atoms with E-state index < -0.39 is 0 Å². The summed E-state index contributed by atoms with van der Waals surface area (Å²) >= 11 is 2.22. The Kier molecular flexibility index (Phi) is 9.21. The van der Waals surface area contributed by atoms with Crippen LogP contribution in [0.2, 0.25) is 0 Å². The van der Waals surface area contributed by atoms with Gasteiger partial charge >= 0.3 is 27.7 Å². The van der Waals surface area contributed by atoms with Crippen molar-refractivity contribution >= 4 is 9.53 Å². The van der Waals surface area contributed by atoms with Gasteiger partial charge in [0.25, 0.3) is 0 Å². The summed E-state index contributed by atoms with van der Waals surface area (Å²) in [5.74, 6) is 0. The summed E-state index contributed by atoms with van der Waals surface area (Å²) in [6.07, 6.45) is 0. The summed E-state index contributed by atoms with van der Waals surface area (Å²) in [4.78, 5) is 4.34. The van der Waals surface area contributed by atoms with Gasteiger partial charge in [-0.25, -0.2) is 0 Å². The first kappa shape index (κ1) is 16.1. The van der Waals surface area contributed by atoms with E-state index in [1.165, 1.54) is 11.1 Å². The van der Waals surface area contributed by atoms with Gasteiger partial charge in [-0.15, -0.1) is 11.1 Å². The Labute approximate surface area is 114 Å². The van der Waals surface area contributed by atoms with Gasteiger partial charge in [0.2, 0.25) is 0 Å². The monoisotopic (exact) mass is 332 g/mol. The van der Waals surface area contributed by atoms with E-state index >= 15 is 0 Å². The van der Waals surface area contributed by atoms with Crippen LogP contribution in [0.1, 0.15) is 11.1 Å². The van der Waals surface area contributed by atoms with Crippen molar-refractivity contribution in [2.24, 2.45) is 0 Å². The molecule has 94 valence electrons. The first-order valence-corrected chi connectivity index (χ1v) is 6.98. The van der Waals surface area contributed by atoms with E-state index in [4.69, 9.17) is 0 Å². The number of hydrogen-bond acceptors (Lipinski definition) is 2. The molecular formula is C12H19ClN2Pd. The minimum absolute atomic E-state index is 0.984. The van der Waals surface area contributed by atoms with E-state index in [0.29, 0.717) is 0 Å². The molecule has 0 atom stereocenters. The molecule has 1 aromatic carbocycles. The molecule has 2 nitrogen and oxygen atoms in total. The van der Waals surface area contributed by atoms with Crippen LogP contribution >= 0.6 is 9.53 Å². The molecular weight excluding hydrogens is 314 g/mol. The van der Waals surface area contributed by atoms with Gasteiger partial charge in [0, 0.05) is 0 Å². The minimum atomic E-state index is 0.984. The Hall–Kier alpha value is 0.0923. The van der Waals surface area contributed by atoms with Gasteiger partial charge in [0.1, 0.15) is 0 Å². The molecule has 0 heterocycles. The third kappa shape index (κ3) is 7.38. The van der Waals surface area contributed by atoms with Crippen LogP contribution in [0, 0.1) is 6.07 Å². The molecule has 0 amide bonds. The molecule has 0 fully saturated rings. The van der Waals surface area contributed by atoms with Crippen molar-refractivity contribution in [1.29, 1.82) is 0 Å². The fourth-order valence-corrected chi connectivity index (χ4v) is 1.49. The van der Waals surface area contributed by atoms with Crippen LogP contribution in [0.4, 0.5) is 0 Å². The number of nitrogens with zero attached hydrogens (tertiary/aromatic N) is 2. The molecule has 0 aliphatic heterocycles. The van der Waals surface area contributed by atoms with Crippen LogP contribution in [0.25, 0.3) is 0 Å². The second kappa shape index (κ2) is 9.16. The van der Waals surface area contributed by atoms with Gasteiger partial charge in [0.15, 0.2) is 0 Å². The van der Waals surface area contributed by atoms with E-state index in [0.717, 1.165) is 13.1 Å². The van der Waals surface area contributed by atoms with E-state index in [1.54, 1.807) is 0 Å². The van der Waals surface area contributed by atoms with E-state index in [-0.39, 0.29) is 0 Å². The zero-order chi connectivity index (χ0) is 12.6. The second-order valence-corrected chi connectivity index (χ2v) is 4.23. The average Bonchev–Trinajstić information content (AvgIpc) is 2.19. The number of hydrogen-bond donors (Lipinski definition) is 0. The summed E-state index contributed by atoms with van der Waals surface area (Å²) in [6.45, 7) is 1.97. The molecule has 0 unspecified atom stereocenters. The predicted molar refractivity (Wildman–Crippen MR) is 65.9 cm³/mol. The third-order valence-corrected chi connectivity index (χ3v) is 1.91. The van der Waals surface area contributed by atoms with Crippen molar-refractivity contribution in [1.82, 2.24) is 9.80 Å². The van der Waals surface area contributed by atoms with Gasteiger partial charge in [0.05, 0.1) is 0 Å². The third-order valence-electron chi connectivity index (χ3n) is 1.91. The van der Waals surface area contributed by atoms with Crippen molar-refractivity contribution < 1.29 is 18.2 Å². The molecule has 0 aliphatic rings. The summed E-state index contributed by atoms with van der Waals surface area (Å²) < 4.78 is 0. The topological polar surface area (TPSA) is 6.48 Å². The predicted octanol–water partition coefficient (Wildman–Crippen LogP) is 2.30. The van der Waals surface area contributed by atoms with E-state index in [1.807, 2.05) is 0 Å². The molecule has 16 heavy (non-hydrogen) atoms. The molecule has 0 bridgehead atoms. The Bertz CT molecular complexity index is 265. The molecule has 0 aromatic heterocycles. The zero-order valence-corrected chi connectivity index (χ0v) is 12.5. The standard InChI is InChI=1S/C12H19N2.ClH.Pd/c1-13(2)9-11-6-5-7-12(8-11)10-14(3)4;;/h6-8H,9-10H2,1-4H3;1H;/q-1;;+2/p-1. The van der Waals surface area contributed by atoms with Crippen molar-refractivity contribution in [2.45, 2.75) is 13.1 Å². The van der Waals surface area contributed by atoms with E-state index in [9.17, 15) is 0 Å². The van der Waals surface area contributed by atoms with Crippen molar-refractivity contribution in [3.05, 3.63) is 35.4 Å². The molecule has 4 heteroatoms. The van der Waals surface area contributed by atoms with Crippen molar-refractivity contribution in [2.75, 3.05) is 28.2 Å². The van der Waals surface area contributed by atoms with Crippen LogP contribution in [0.15, 0.2) is 18.2 Å². The Morgan fingerprint density at radius 2 is 1.38 bits per heavy atom. The van der Waals surface area contributed by atoms with Crippen LogP contribution in [-0.4, -0.2) is 38.0 Å². The number of benzene rings is 1. The maximum atomic E-state index is 4.49. The van der Waals surface area contributed by atoms with Crippen LogP contribution in [0.3, 0.4) is 0 Å². The summed E-state index contributed by atoms with van der Waals surface area (Å²) in [6, 6.07) is 9.54. The van der Waals surface area contributed by atoms with E-state index in [2.05, 4.69) is 90.0 Å². The molecule has 0 aliphatic carbocycles. The molecule has 0 radical (unpaired) electrons. The van der Waals surface area contributed by atoms with Gasteiger partial charge in [-0.3, -0.25) is 0 Å². The SMILES string of the molecule is CN(C)Cc1c[c-]cc(CN(C)C)c1.[Cl][Pd+]. The molecule has 0 N–H and O–H groups in total. The van der Waals surface area contributed by atoms with Gasteiger partial charge < -0.3 is 9.80 Å². The molecule has 0 saturated heterocycles. The van der Waals surface area contributed by atoms with Crippen molar-refractivity contribution in [3.8, 4) is 0 Å². The molecule has 0 saturated carbocycles. The van der Waals surface area contributed by atoms with Gasteiger partial charge in [-0.2, -0.15) is 24.3 Å². The van der Waals surface area contributed by atoms with Crippen LogP contribution in [0.5, 0.6) is 0 Å². The molecule has 1 aromatic rings. The first-order chi connectivity index (χ1) is 7.58. The van der Waals surface area contributed by atoms with Crippen LogP contribution in [-0.2, 0) is 31.3 Å². The number of rotatable bonds is 4. The zero-order valence-electron chi connectivity index (χ0n) is 10.2. The summed E-state index contributed by atoms with van der Waals surface area (Å²) in [7, 11) is 12.8. The first-order valence-electron chi connectivity index (χ1n) is 4.98. The average molecular weight is 333 g/mol. The Balaban J connectivity index is 0.00000106. The normalized spacial score (nSPS) is 10.3. The van der Waals surface area contributed by atoms with Crippen molar-refractivity contribution in [3.63, 3.8) is 0 Å². The second-order valence-electron chi connectivity index (χ2n) is 4.23.